The van der Waals surface area contributed by atoms with Gasteiger partial charge >= 0.3 is 0 Å². The van der Waals surface area contributed by atoms with Gasteiger partial charge in [0.25, 0.3) is 5.56 Å². The molecule has 0 bridgehead atoms. The van der Waals surface area contributed by atoms with E-state index < -0.39 is 0 Å². The molecular weight excluding hydrogens is 250 g/mol. The Bertz CT molecular complexity index is 836. The maximum absolute atomic E-state index is 12.2. The van der Waals surface area contributed by atoms with Crippen molar-refractivity contribution in [3.8, 4) is 11.4 Å². The van der Waals surface area contributed by atoms with Crippen molar-refractivity contribution in [3.63, 3.8) is 0 Å². The molecule has 4 heteroatoms. The van der Waals surface area contributed by atoms with Crippen molar-refractivity contribution in [2.75, 3.05) is 12.4 Å². The van der Waals surface area contributed by atoms with Crippen molar-refractivity contribution >= 4 is 16.6 Å². The number of anilines is 1. The smallest absolute Gasteiger partial charge is 0.281 e. The summed E-state index contributed by atoms with van der Waals surface area (Å²) in [6, 6.07) is 15.3. The van der Waals surface area contributed by atoms with Gasteiger partial charge in [-0.2, -0.15) is 4.98 Å². The van der Waals surface area contributed by atoms with E-state index in [0.29, 0.717) is 11.2 Å². The SMILES string of the molecule is CNc1ccccc1-c1nc(=O)c2ccccc2n1C. The van der Waals surface area contributed by atoms with Crippen molar-refractivity contribution in [1.82, 2.24) is 9.55 Å². The van der Waals surface area contributed by atoms with Crippen LogP contribution in [0.15, 0.2) is 53.3 Å². The number of benzene rings is 2. The van der Waals surface area contributed by atoms with Crippen LogP contribution < -0.4 is 10.9 Å². The minimum absolute atomic E-state index is 0.195. The molecule has 0 fully saturated rings. The van der Waals surface area contributed by atoms with Crippen molar-refractivity contribution in [3.05, 3.63) is 58.9 Å². The lowest BCUT2D eigenvalue weighted by atomic mass is 10.1. The minimum atomic E-state index is -0.195. The number of rotatable bonds is 2. The summed E-state index contributed by atoms with van der Waals surface area (Å²) in [6.45, 7) is 0. The van der Waals surface area contributed by atoms with Crippen LogP contribution in [0.4, 0.5) is 5.69 Å². The normalized spacial score (nSPS) is 10.7. The second-order valence-corrected chi connectivity index (χ2v) is 4.61. The highest BCUT2D eigenvalue weighted by molar-refractivity contribution is 5.82. The molecule has 4 nitrogen and oxygen atoms in total. The van der Waals surface area contributed by atoms with Gasteiger partial charge < -0.3 is 9.88 Å². The molecule has 1 aromatic heterocycles. The highest BCUT2D eigenvalue weighted by atomic mass is 16.1. The molecule has 2 aromatic carbocycles. The fraction of sp³-hybridized carbons (Fsp3) is 0.125. The number of aromatic nitrogens is 2. The zero-order valence-electron chi connectivity index (χ0n) is 11.4. The molecule has 0 unspecified atom stereocenters. The Morgan fingerprint density at radius 3 is 2.55 bits per heavy atom. The van der Waals surface area contributed by atoms with E-state index in [1.165, 1.54) is 0 Å². The Labute approximate surface area is 116 Å². The maximum Gasteiger partial charge on any atom is 0.281 e. The first kappa shape index (κ1) is 12.4. The fourth-order valence-corrected chi connectivity index (χ4v) is 2.43. The van der Waals surface area contributed by atoms with Crippen molar-refractivity contribution < 1.29 is 0 Å². The van der Waals surface area contributed by atoms with Crippen molar-refractivity contribution in [1.29, 1.82) is 0 Å². The summed E-state index contributed by atoms with van der Waals surface area (Å²) in [5.74, 6) is 0.665. The van der Waals surface area contributed by atoms with E-state index >= 15 is 0 Å². The summed E-state index contributed by atoms with van der Waals surface area (Å²) in [5, 5.41) is 3.77. The Balaban J connectivity index is 2.38. The first-order valence-electron chi connectivity index (χ1n) is 6.45. The molecule has 3 rings (SSSR count). The molecule has 0 aliphatic rings. The van der Waals surface area contributed by atoms with Crippen LogP contribution >= 0.6 is 0 Å². The molecule has 20 heavy (non-hydrogen) atoms. The van der Waals surface area contributed by atoms with E-state index in [2.05, 4.69) is 10.3 Å². The van der Waals surface area contributed by atoms with Gasteiger partial charge in [0, 0.05) is 25.3 Å². The van der Waals surface area contributed by atoms with Crippen LogP contribution in [0, 0.1) is 0 Å². The molecule has 0 radical (unpaired) electrons. The van der Waals surface area contributed by atoms with Gasteiger partial charge in [-0.25, -0.2) is 0 Å². The molecule has 0 aliphatic carbocycles. The summed E-state index contributed by atoms with van der Waals surface area (Å²) in [6.07, 6.45) is 0. The summed E-state index contributed by atoms with van der Waals surface area (Å²) < 4.78 is 1.95. The number of hydrogen-bond acceptors (Lipinski definition) is 3. The van der Waals surface area contributed by atoms with Gasteiger partial charge in [-0.15, -0.1) is 0 Å². The van der Waals surface area contributed by atoms with Gasteiger partial charge in [0.05, 0.1) is 10.9 Å². The molecule has 1 heterocycles. The second-order valence-electron chi connectivity index (χ2n) is 4.61. The van der Waals surface area contributed by atoms with Gasteiger partial charge in [0.15, 0.2) is 0 Å². The van der Waals surface area contributed by atoms with Gasteiger partial charge in [-0.05, 0) is 24.3 Å². The third kappa shape index (κ3) is 1.86. The summed E-state index contributed by atoms with van der Waals surface area (Å²) in [4.78, 5) is 16.4. The van der Waals surface area contributed by atoms with Crippen LogP contribution in [0.1, 0.15) is 0 Å². The molecule has 100 valence electrons. The number of nitrogens with one attached hydrogen (secondary N) is 1. The minimum Gasteiger partial charge on any atom is -0.388 e. The Hall–Kier alpha value is -2.62. The number of hydrogen-bond donors (Lipinski definition) is 1. The second kappa shape index (κ2) is 4.81. The van der Waals surface area contributed by atoms with E-state index in [9.17, 15) is 4.79 Å². The maximum atomic E-state index is 12.2. The fourth-order valence-electron chi connectivity index (χ4n) is 2.43. The molecule has 1 N–H and O–H groups in total. The van der Waals surface area contributed by atoms with Crippen molar-refractivity contribution in [2.45, 2.75) is 0 Å². The topological polar surface area (TPSA) is 46.9 Å². The van der Waals surface area contributed by atoms with Crippen LogP contribution in [0.3, 0.4) is 0 Å². The number of nitrogens with zero attached hydrogens (tertiary/aromatic N) is 2. The predicted octanol–water partition coefficient (Wildman–Crippen LogP) is 2.64. The lowest BCUT2D eigenvalue weighted by Crippen LogP contribution is -2.14. The Morgan fingerprint density at radius 2 is 1.75 bits per heavy atom. The van der Waals surface area contributed by atoms with E-state index in [0.717, 1.165) is 16.8 Å². The van der Waals surface area contributed by atoms with Gasteiger partial charge in [0.2, 0.25) is 0 Å². The van der Waals surface area contributed by atoms with Gasteiger partial charge in [-0.1, -0.05) is 24.3 Å². The average Bonchev–Trinajstić information content (AvgIpc) is 2.51. The van der Waals surface area contributed by atoms with Crippen LogP contribution in [-0.2, 0) is 7.05 Å². The number of fused-ring (bicyclic) bond motifs is 1. The molecule has 0 spiro atoms. The van der Waals surface area contributed by atoms with E-state index in [1.807, 2.05) is 61.1 Å². The van der Waals surface area contributed by atoms with Crippen molar-refractivity contribution in [2.24, 2.45) is 7.05 Å². The molecule has 0 saturated carbocycles. The van der Waals surface area contributed by atoms with E-state index in [-0.39, 0.29) is 5.56 Å². The molecule has 3 aromatic rings. The molecule has 0 aliphatic heterocycles. The summed E-state index contributed by atoms with van der Waals surface area (Å²) in [5.41, 5.74) is 2.55. The lowest BCUT2D eigenvalue weighted by Gasteiger charge is -2.14. The third-order valence-electron chi connectivity index (χ3n) is 3.46. The van der Waals surface area contributed by atoms with Gasteiger partial charge in [-0.3, -0.25) is 4.79 Å². The van der Waals surface area contributed by atoms with Crippen LogP contribution in [-0.4, -0.2) is 16.6 Å². The molecular formula is C16H15N3O. The molecule has 0 saturated heterocycles. The number of para-hydroxylation sites is 2. The zero-order chi connectivity index (χ0) is 14.1. The zero-order valence-corrected chi connectivity index (χ0v) is 11.4. The Kier molecular flexibility index (Phi) is 2.99. The van der Waals surface area contributed by atoms with Gasteiger partial charge in [0.1, 0.15) is 5.82 Å². The highest BCUT2D eigenvalue weighted by Crippen LogP contribution is 2.26. The van der Waals surface area contributed by atoms with Crippen LogP contribution in [0.2, 0.25) is 0 Å². The molecule has 0 atom stereocenters. The first-order valence-corrected chi connectivity index (χ1v) is 6.45. The number of aryl methyl sites for hydroxylation is 1. The lowest BCUT2D eigenvalue weighted by molar-refractivity contribution is 0.915. The average molecular weight is 265 g/mol. The Morgan fingerprint density at radius 1 is 1.05 bits per heavy atom. The van der Waals surface area contributed by atoms with E-state index in [1.54, 1.807) is 6.07 Å². The summed E-state index contributed by atoms with van der Waals surface area (Å²) >= 11 is 0. The standard InChI is InChI=1S/C16H15N3O/c1-17-13-9-5-3-7-11(13)15-18-16(20)12-8-4-6-10-14(12)19(15)2/h3-10,17H,1-2H3. The molecule has 0 amide bonds. The monoisotopic (exact) mass is 265 g/mol. The quantitative estimate of drug-likeness (QED) is 0.775. The van der Waals surface area contributed by atoms with Crippen LogP contribution in [0.5, 0.6) is 0 Å². The largest absolute Gasteiger partial charge is 0.388 e. The first-order chi connectivity index (χ1) is 9.72. The van der Waals surface area contributed by atoms with E-state index in [4.69, 9.17) is 0 Å². The third-order valence-corrected chi connectivity index (χ3v) is 3.46. The predicted molar refractivity (Wildman–Crippen MR) is 82.0 cm³/mol. The highest BCUT2D eigenvalue weighted by Gasteiger charge is 2.12. The van der Waals surface area contributed by atoms with Crippen LogP contribution in [0.25, 0.3) is 22.3 Å². The summed E-state index contributed by atoms with van der Waals surface area (Å²) in [7, 11) is 3.79.